The van der Waals surface area contributed by atoms with Crippen molar-refractivity contribution in [2.45, 2.75) is 34.2 Å². The summed E-state index contributed by atoms with van der Waals surface area (Å²) in [4.78, 5) is 28.0. The van der Waals surface area contributed by atoms with Crippen LogP contribution in [-0.2, 0) is 16.1 Å². The smallest absolute Gasteiger partial charge is 0.242 e. The summed E-state index contributed by atoms with van der Waals surface area (Å²) in [6, 6.07) is 1.93. The fourth-order valence-electron chi connectivity index (χ4n) is 2.40. The molecule has 1 aromatic rings. The van der Waals surface area contributed by atoms with Crippen molar-refractivity contribution in [1.29, 1.82) is 0 Å². The Bertz CT molecular complexity index is 554. The van der Waals surface area contributed by atoms with E-state index in [1.165, 1.54) is 0 Å². The van der Waals surface area contributed by atoms with E-state index < -0.39 is 5.41 Å². The van der Waals surface area contributed by atoms with Gasteiger partial charge in [0.1, 0.15) is 0 Å². The normalized spacial score (nSPS) is 16.4. The van der Waals surface area contributed by atoms with E-state index in [1.54, 1.807) is 4.90 Å². The molecule has 2 amide bonds. The second-order valence-electron chi connectivity index (χ2n) is 7.02. The molecule has 7 nitrogen and oxygen atoms in total. The summed E-state index contributed by atoms with van der Waals surface area (Å²) >= 11 is 0. The Kier molecular flexibility index (Phi) is 5.41. The molecule has 2 heterocycles. The lowest BCUT2D eigenvalue weighted by Crippen LogP contribution is -2.51. The Hall–Kier alpha value is -1.89. The number of carbonyl (C=O) groups excluding carboxylic acids is 2. The largest absolute Gasteiger partial charge is 0.360 e. The molecule has 1 aromatic heterocycles. The maximum absolute atomic E-state index is 12.2. The van der Waals surface area contributed by atoms with E-state index >= 15 is 0 Å². The maximum atomic E-state index is 12.2. The van der Waals surface area contributed by atoms with Gasteiger partial charge in [-0.15, -0.1) is 0 Å². The van der Waals surface area contributed by atoms with E-state index in [9.17, 15) is 9.59 Å². The van der Waals surface area contributed by atoms with Gasteiger partial charge in [-0.1, -0.05) is 25.9 Å². The van der Waals surface area contributed by atoms with Crippen molar-refractivity contribution in [1.82, 2.24) is 20.3 Å². The molecule has 1 aliphatic rings. The van der Waals surface area contributed by atoms with Crippen LogP contribution in [0, 0.1) is 12.3 Å². The summed E-state index contributed by atoms with van der Waals surface area (Å²) in [5.41, 5.74) is 0.400. The van der Waals surface area contributed by atoms with Gasteiger partial charge in [0.05, 0.1) is 18.8 Å². The lowest BCUT2D eigenvalue weighted by molar-refractivity contribution is -0.136. The molecule has 0 aromatic carbocycles. The van der Waals surface area contributed by atoms with Gasteiger partial charge in [-0.2, -0.15) is 0 Å². The molecule has 1 saturated heterocycles. The van der Waals surface area contributed by atoms with Gasteiger partial charge < -0.3 is 14.7 Å². The highest BCUT2D eigenvalue weighted by Crippen LogP contribution is 2.12. The van der Waals surface area contributed by atoms with E-state index in [4.69, 9.17) is 4.52 Å². The number of carbonyl (C=O) groups is 2. The molecule has 0 atom stereocenters. The van der Waals surface area contributed by atoms with Gasteiger partial charge in [-0.3, -0.25) is 14.5 Å². The van der Waals surface area contributed by atoms with Crippen molar-refractivity contribution in [3.8, 4) is 0 Å². The van der Waals surface area contributed by atoms with Crippen molar-refractivity contribution in [3.05, 3.63) is 17.5 Å². The summed E-state index contributed by atoms with van der Waals surface area (Å²) < 4.78 is 5.22. The Morgan fingerprint density at radius 2 is 1.91 bits per heavy atom. The van der Waals surface area contributed by atoms with Crippen LogP contribution < -0.4 is 5.32 Å². The molecule has 1 fully saturated rings. The minimum Gasteiger partial charge on any atom is -0.360 e. The van der Waals surface area contributed by atoms with Gasteiger partial charge in [0, 0.05) is 37.7 Å². The number of amides is 2. The number of aromatic nitrogens is 1. The van der Waals surface area contributed by atoms with E-state index in [0.717, 1.165) is 24.5 Å². The van der Waals surface area contributed by atoms with Crippen LogP contribution in [0.4, 0.5) is 0 Å². The molecule has 0 unspecified atom stereocenters. The number of rotatable bonds is 4. The Morgan fingerprint density at radius 1 is 1.26 bits per heavy atom. The molecule has 128 valence electrons. The molecule has 7 heteroatoms. The zero-order valence-electron chi connectivity index (χ0n) is 14.4. The predicted octanol–water partition coefficient (Wildman–Crippen LogP) is 0.790. The number of hydrogen-bond donors (Lipinski definition) is 1. The average molecular weight is 322 g/mol. The molecular formula is C16H26N4O3. The first-order chi connectivity index (χ1) is 10.8. The fraction of sp³-hybridized carbons (Fsp3) is 0.688. The highest BCUT2D eigenvalue weighted by atomic mass is 16.5. The lowest BCUT2D eigenvalue weighted by Gasteiger charge is -2.34. The summed E-state index contributed by atoms with van der Waals surface area (Å²) in [7, 11) is 0. The van der Waals surface area contributed by atoms with Gasteiger partial charge in [-0.05, 0) is 6.92 Å². The second kappa shape index (κ2) is 7.12. The number of piperazine rings is 1. The van der Waals surface area contributed by atoms with Crippen molar-refractivity contribution in [3.63, 3.8) is 0 Å². The standard InChI is InChI=1S/C16H26N4O3/c1-12-9-13(23-18-12)11-19-5-7-20(8-6-19)14(21)10-17-15(22)16(2,3)4/h9H,5-8,10-11H2,1-4H3,(H,17,22). The maximum Gasteiger partial charge on any atom is 0.242 e. The van der Waals surface area contributed by atoms with Crippen LogP contribution in [0.25, 0.3) is 0 Å². The van der Waals surface area contributed by atoms with Crippen LogP contribution in [0.15, 0.2) is 10.6 Å². The topological polar surface area (TPSA) is 78.7 Å². The highest BCUT2D eigenvalue weighted by molar-refractivity contribution is 5.87. The van der Waals surface area contributed by atoms with E-state index in [0.29, 0.717) is 19.6 Å². The van der Waals surface area contributed by atoms with Crippen molar-refractivity contribution in [2.24, 2.45) is 5.41 Å². The number of nitrogens with zero attached hydrogens (tertiary/aromatic N) is 3. The second-order valence-corrected chi connectivity index (χ2v) is 7.02. The first kappa shape index (κ1) is 17.5. The van der Waals surface area contributed by atoms with Crippen LogP contribution in [0.5, 0.6) is 0 Å². The zero-order chi connectivity index (χ0) is 17.0. The Balaban J connectivity index is 1.73. The molecule has 23 heavy (non-hydrogen) atoms. The molecular weight excluding hydrogens is 296 g/mol. The summed E-state index contributed by atoms with van der Waals surface area (Å²) in [5.74, 6) is 0.711. The van der Waals surface area contributed by atoms with Gasteiger partial charge in [0.15, 0.2) is 5.76 Å². The van der Waals surface area contributed by atoms with Crippen molar-refractivity contribution < 1.29 is 14.1 Å². The number of aryl methyl sites for hydroxylation is 1. The van der Waals surface area contributed by atoms with Crippen molar-refractivity contribution >= 4 is 11.8 Å². The van der Waals surface area contributed by atoms with Crippen molar-refractivity contribution in [2.75, 3.05) is 32.7 Å². The van der Waals surface area contributed by atoms with E-state index in [2.05, 4.69) is 15.4 Å². The molecule has 0 saturated carbocycles. The third-order valence-corrected chi connectivity index (χ3v) is 3.86. The predicted molar refractivity (Wildman–Crippen MR) is 85.6 cm³/mol. The van der Waals surface area contributed by atoms with Gasteiger partial charge in [0.25, 0.3) is 0 Å². The van der Waals surface area contributed by atoms with Crippen LogP contribution in [0.3, 0.4) is 0 Å². The minimum atomic E-state index is -0.478. The van der Waals surface area contributed by atoms with Gasteiger partial charge in [0.2, 0.25) is 11.8 Å². The molecule has 0 radical (unpaired) electrons. The SMILES string of the molecule is Cc1cc(CN2CCN(C(=O)CNC(=O)C(C)(C)C)CC2)on1. The lowest BCUT2D eigenvalue weighted by atomic mass is 9.96. The number of nitrogens with one attached hydrogen (secondary N) is 1. The molecule has 0 bridgehead atoms. The van der Waals surface area contributed by atoms with Crippen LogP contribution in [0.2, 0.25) is 0 Å². The highest BCUT2D eigenvalue weighted by Gasteiger charge is 2.25. The zero-order valence-corrected chi connectivity index (χ0v) is 14.4. The number of hydrogen-bond acceptors (Lipinski definition) is 5. The van der Waals surface area contributed by atoms with Gasteiger partial charge in [-0.25, -0.2) is 0 Å². The quantitative estimate of drug-likeness (QED) is 0.887. The summed E-state index contributed by atoms with van der Waals surface area (Å²) in [6.07, 6.45) is 0. The molecule has 0 spiro atoms. The molecule has 1 N–H and O–H groups in total. The molecule has 1 aliphatic heterocycles. The third-order valence-electron chi connectivity index (χ3n) is 3.86. The Morgan fingerprint density at radius 3 is 2.43 bits per heavy atom. The molecule has 0 aliphatic carbocycles. The minimum absolute atomic E-state index is 0.0299. The van der Waals surface area contributed by atoms with Crippen LogP contribution in [0.1, 0.15) is 32.2 Å². The fourth-order valence-corrected chi connectivity index (χ4v) is 2.40. The van der Waals surface area contributed by atoms with E-state index in [1.807, 2.05) is 33.8 Å². The van der Waals surface area contributed by atoms with Crippen LogP contribution in [-0.4, -0.2) is 59.5 Å². The van der Waals surface area contributed by atoms with Crippen LogP contribution >= 0.6 is 0 Å². The Labute approximate surface area is 137 Å². The molecule has 2 rings (SSSR count). The summed E-state index contributed by atoms with van der Waals surface area (Å²) in [6.45, 7) is 11.1. The van der Waals surface area contributed by atoms with E-state index in [-0.39, 0.29) is 18.4 Å². The average Bonchev–Trinajstić information content (AvgIpc) is 2.89. The monoisotopic (exact) mass is 322 g/mol. The first-order valence-corrected chi connectivity index (χ1v) is 7.96. The van der Waals surface area contributed by atoms with Gasteiger partial charge >= 0.3 is 0 Å². The third kappa shape index (κ3) is 5.06. The first-order valence-electron chi connectivity index (χ1n) is 7.96. The summed E-state index contributed by atoms with van der Waals surface area (Å²) in [5, 5.41) is 6.59.